The molecule has 2 rings (SSSR count). The lowest BCUT2D eigenvalue weighted by molar-refractivity contribution is -0.301. The minimum absolute atomic E-state index is 0.384. The second-order valence-electron chi connectivity index (χ2n) is 4.76. The molecule has 0 saturated carbocycles. The second kappa shape index (κ2) is 8.60. The van der Waals surface area contributed by atoms with Crippen molar-refractivity contribution in [1.29, 1.82) is 0 Å². The number of aliphatic carboxylic acids is 2. The molecule has 6 nitrogen and oxygen atoms in total. The van der Waals surface area contributed by atoms with Gasteiger partial charge in [0, 0.05) is 24.0 Å². The molecule has 6 heteroatoms. The maximum atomic E-state index is 9.41. The largest absolute Gasteiger partial charge is 0.545 e. The molecule has 0 N–H and O–H groups in total. The molecule has 1 fully saturated rings. The van der Waals surface area contributed by atoms with Gasteiger partial charge >= 0.3 is 0 Å². The van der Waals surface area contributed by atoms with E-state index in [0.717, 1.165) is 5.56 Å². The molecule has 0 radical (unpaired) electrons. The first-order valence-corrected chi connectivity index (χ1v) is 6.66. The molecule has 116 valence electrons. The number of nitrogens with zero attached hydrogens (tertiary/aromatic N) is 2. The van der Waals surface area contributed by atoms with Gasteiger partial charge in [0.25, 0.3) is 0 Å². The zero-order valence-electron chi connectivity index (χ0n) is 12.2. The Morgan fingerprint density at radius 2 is 2.00 bits per heavy atom. The van der Waals surface area contributed by atoms with E-state index < -0.39 is 11.9 Å². The number of pyridine rings is 1. The van der Waals surface area contributed by atoms with Gasteiger partial charge in [-0.1, -0.05) is 5.92 Å². The minimum atomic E-state index is -1.55. The quantitative estimate of drug-likeness (QED) is 0.518. The lowest BCUT2D eigenvalue weighted by Gasteiger charge is -2.19. The summed E-state index contributed by atoms with van der Waals surface area (Å²) in [6, 6.07) is 2.58. The number of terminal acetylenes is 1. The lowest BCUT2D eigenvalue weighted by atomic mass is 10.1. The highest BCUT2D eigenvalue weighted by Crippen LogP contribution is 2.29. The monoisotopic (exact) mass is 300 g/mol. The molecule has 1 aromatic heterocycles. The topological polar surface area (TPSA) is 96.4 Å². The fourth-order valence-electron chi connectivity index (χ4n) is 2.19. The zero-order chi connectivity index (χ0) is 16.5. The number of likely N-dealkylation sites (tertiary alicyclic amines) is 1. The summed E-state index contributed by atoms with van der Waals surface area (Å²) in [5.74, 6) is -0.469. The van der Waals surface area contributed by atoms with Crippen LogP contribution >= 0.6 is 0 Å². The third-order valence-electron chi connectivity index (χ3n) is 3.19. The molecule has 1 aromatic rings. The maximum absolute atomic E-state index is 9.41. The molecule has 1 saturated heterocycles. The Balaban J connectivity index is 0.000000261. The van der Waals surface area contributed by atoms with E-state index in [1.54, 1.807) is 6.20 Å². The van der Waals surface area contributed by atoms with E-state index >= 15 is 0 Å². The lowest BCUT2D eigenvalue weighted by Crippen LogP contribution is -2.23. The fraction of sp³-hybridized carbons (Fsp3) is 0.312. The van der Waals surface area contributed by atoms with Crippen LogP contribution in [-0.2, 0) is 9.59 Å². The van der Waals surface area contributed by atoms with Gasteiger partial charge in [-0.25, -0.2) is 0 Å². The van der Waals surface area contributed by atoms with E-state index in [0.29, 0.717) is 18.2 Å². The molecule has 0 spiro atoms. The fourth-order valence-corrected chi connectivity index (χ4v) is 2.19. The minimum Gasteiger partial charge on any atom is -0.545 e. The highest BCUT2D eigenvalue weighted by molar-refractivity contribution is 5.87. The molecule has 0 aliphatic carbocycles. The molecule has 0 amide bonds. The van der Waals surface area contributed by atoms with E-state index in [1.165, 1.54) is 24.9 Å². The summed E-state index contributed by atoms with van der Waals surface area (Å²) in [6.07, 6.45) is 12.3. The first-order chi connectivity index (χ1) is 10.4. The highest BCUT2D eigenvalue weighted by atomic mass is 16.4. The van der Waals surface area contributed by atoms with Crippen LogP contribution in [0.2, 0.25) is 0 Å². The van der Waals surface area contributed by atoms with Crippen LogP contribution in [0.5, 0.6) is 0 Å². The summed E-state index contributed by atoms with van der Waals surface area (Å²) >= 11 is 0. The Hall–Kier alpha value is -2.65. The third kappa shape index (κ3) is 5.77. The van der Waals surface area contributed by atoms with Gasteiger partial charge in [-0.05, 0) is 50.2 Å². The van der Waals surface area contributed by atoms with E-state index in [1.807, 2.05) is 6.20 Å². The summed E-state index contributed by atoms with van der Waals surface area (Å²) in [5, 5.41) is 18.8. The molecule has 2 heterocycles. The number of rotatable bonds is 3. The van der Waals surface area contributed by atoms with E-state index in [2.05, 4.69) is 28.9 Å². The normalized spacial score (nSPS) is 17.5. The molecular formula is C16H16N2O4-2. The standard InChI is InChI=1S/C12H14N2.C4H4O4/c1-3-10-7-11(9-13-8-10)12-5-4-6-14(12)2;5-3(6)1-2-4(7)8/h1,7-9,12H,4-6H2,2H3;1-2H,(H,5,6)(H,7,8)/p-2/b;2-1-/t12-;/m0./s1. The van der Waals surface area contributed by atoms with Gasteiger partial charge < -0.3 is 19.8 Å². The van der Waals surface area contributed by atoms with Gasteiger partial charge in [0.1, 0.15) is 0 Å². The molecule has 1 atom stereocenters. The average molecular weight is 300 g/mol. The van der Waals surface area contributed by atoms with Gasteiger partial charge in [-0.2, -0.15) is 0 Å². The van der Waals surface area contributed by atoms with Crippen LogP contribution in [0.25, 0.3) is 0 Å². The van der Waals surface area contributed by atoms with Crippen LogP contribution in [0, 0.1) is 12.3 Å². The first-order valence-electron chi connectivity index (χ1n) is 6.66. The van der Waals surface area contributed by atoms with Gasteiger partial charge in [0.05, 0.1) is 11.9 Å². The van der Waals surface area contributed by atoms with E-state index in [9.17, 15) is 19.8 Å². The molecule has 0 bridgehead atoms. The number of hydrogen-bond acceptors (Lipinski definition) is 6. The third-order valence-corrected chi connectivity index (χ3v) is 3.19. The Bertz CT molecular complexity index is 588. The SMILES string of the molecule is C#Cc1cncc([C@@H]2CCCN2C)c1.O=C([O-])/C=C\C(=O)[O-]. The van der Waals surface area contributed by atoms with Crippen LogP contribution < -0.4 is 10.2 Å². The Kier molecular flexibility index (Phi) is 6.80. The van der Waals surface area contributed by atoms with Gasteiger partial charge in [-0.15, -0.1) is 6.42 Å². The van der Waals surface area contributed by atoms with Crippen LogP contribution in [0.15, 0.2) is 30.6 Å². The molecule has 1 aliphatic heterocycles. The van der Waals surface area contributed by atoms with Crippen molar-refractivity contribution in [3.05, 3.63) is 41.7 Å². The maximum Gasteiger partial charge on any atom is 0.0643 e. The molecule has 22 heavy (non-hydrogen) atoms. The van der Waals surface area contributed by atoms with Gasteiger partial charge in [-0.3, -0.25) is 9.88 Å². The molecule has 0 aromatic carbocycles. The number of carbonyl (C=O) groups excluding carboxylic acids is 2. The smallest absolute Gasteiger partial charge is 0.0643 e. The molecule has 0 unspecified atom stereocenters. The summed E-state index contributed by atoms with van der Waals surface area (Å²) < 4.78 is 0. The number of hydrogen-bond donors (Lipinski definition) is 0. The van der Waals surface area contributed by atoms with Crippen molar-refractivity contribution < 1.29 is 19.8 Å². The summed E-state index contributed by atoms with van der Waals surface area (Å²) in [6.45, 7) is 1.17. The van der Waals surface area contributed by atoms with Crippen molar-refractivity contribution in [3.8, 4) is 12.3 Å². The van der Waals surface area contributed by atoms with Crippen molar-refractivity contribution in [2.75, 3.05) is 13.6 Å². The number of carbonyl (C=O) groups is 2. The summed E-state index contributed by atoms with van der Waals surface area (Å²) in [7, 11) is 2.15. The van der Waals surface area contributed by atoms with Crippen LogP contribution in [0.4, 0.5) is 0 Å². The average Bonchev–Trinajstić information content (AvgIpc) is 2.92. The summed E-state index contributed by atoms with van der Waals surface area (Å²) in [5.41, 5.74) is 2.13. The van der Waals surface area contributed by atoms with E-state index in [4.69, 9.17) is 6.42 Å². The van der Waals surface area contributed by atoms with Crippen molar-refractivity contribution >= 4 is 11.9 Å². The van der Waals surface area contributed by atoms with Crippen LogP contribution in [0.3, 0.4) is 0 Å². The van der Waals surface area contributed by atoms with Gasteiger partial charge in [0.15, 0.2) is 0 Å². The van der Waals surface area contributed by atoms with Crippen molar-refractivity contribution in [2.45, 2.75) is 18.9 Å². The van der Waals surface area contributed by atoms with Crippen molar-refractivity contribution in [1.82, 2.24) is 9.88 Å². The van der Waals surface area contributed by atoms with Crippen LogP contribution in [-0.4, -0.2) is 35.4 Å². The first kappa shape index (κ1) is 17.4. The highest BCUT2D eigenvalue weighted by Gasteiger charge is 2.22. The number of carboxylic acids is 2. The molecular weight excluding hydrogens is 284 g/mol. The zero-order valence-corrected chi connectivity index (χ0v) is 12.2. The Morgan fingerprint density at radius 3 is 2.45 bits per heavy atom. The van der Waals surface area contributed by atoms with Crippen LogP contribution in [0.1, 0.15) is 30.0 Å². The predicted molar refractivity (Wildman–Crippen MR) is 75.9 cm³/mol. The van der Waals surface area contributed by atoms with Crippen molar-refractivity contribution in [2.24, 2.45) is 0 Å². The van der Waals surface area contributed by atoms with Gasteiger partial charge in [0.2, 0.25) is 0 Å². The van der Waals surface area contributed by atoms with Crippen molar-refractivity contribution in [3.63, 3.8) is 0 Å². The Labute approximate surface area is 129 Å². The molecule has 1 aliphatic rings. The second-order valence-corrected chi connectivity index (χ2v) is 4.76. The van der Waals surface area contributed by atoms with E-state index in [-0.39, 0.29) is 0 Å². The predicted octanol–water partition coefficient (Wildman–Crippen LogP) is -1.13. The number of carboxylic acid groups (broad SMARTS) is 2. The summed E-state index contributed by atoms with van der Waals surface area (Å²) in [4.78, 5) is 25.4. The Morgan fingerprint density at radius 1 is 1.36 bits per heavy atom. The number of aromatic nitrogens is 1.